The van der Waals surface area contributed by atoms with Crippen LogP contribution in [-0.4, -0.2) is 15.6 Å². The van der Waals surface area contributed by atoms with E-state index in [1.54, 1.807) is 22.9 Å². The molecule has 0 aliphatic rings. The van der Waals surface area contributed by atoms with Gasteiger partial charge in [-0.25, -0.2) is 4.79 Å². The molecule has 6 heteroatoms. The topological polar surface area (TPSA) is 42.2 Å². The Labute approximate surface area is 123 Å². The zero-order valence-electron chi connectivity index (χ0n) is 11.1. The van der Waals surface area contributed by atoms with E-state index in [1.165, 1.54) is 24.3 Å². The second-order valence-electron chi connectivity index (χ2n) is 4.81. The molecule has 0 amide bonds. The quantitative estimate of drug-likeness (QED) is 0.765. The molecule has 0 saturated carbocycles. The van der Waals surface area contributed by atoms with Crippen molar-refractivity contribution in [3.8, 4) is 5.69 Å². The number of aromatic nitrogens is 1. The first-order valence-electron chi connectivity index (χ1n) is 6.38. The normalized spacial score (nSPS) is 11.8. The van der Waals surface area contributed by atoms with Crippen molar-refractivity contribution in [1.82, 2.24) is 4.57 Å². The third-order valence-electron chi connectivity index (χ3n) is 3.41. The van der Waals surface area contributed by atoms with Gasteiger partial charge < -0.3 is 9.67 Å². The number of carboxylic acid groups (broad SMARTS) is 1. The molecule has 1 N–H and O–H groups in total. The van der Waals surface area contributed by atoms with Crippen molar-refractivity contribution in [2.75, 3.05) is 0 Å². The van der Waals surface area contributed by atoms with Crippen molar-refractivity contribution in [2.45, 2.75) is 6.18 Å². The molecule has 3 rings (SSSR count). The van der Waals surface area contributed by atoms with Crippen molar-refractivity contribution in [3.05, 3.63) is 65.9 Å². The number of aromatic carboxylic acids is 1. The van der Waals surface area contributed by atoms with Crippen molar-refractivity contribution < 1.29 is 23.1 Å². The second kappa shape index (κ2) is 4.91. The van der Waals surface area contributed by atoms with Gasteiger partial charge in [-0.15, -0.1) is 0 Å². The average molecular weight is 305 g/mol. The van der Waals surface area contributed by atoms with Crippen LogP contribution in [0.2, 0.25) is 0 Å². The van der Waals surface area contributed by atoms with Crippen LogP contribution in [0.25, 0.3) is 16.6 Å². The minimum Gasteiger partial charge on any atom is -0.478 e. The summed E-state index contributed by atoms with van der Waals surface area (Å²) in [6, 6.07) is 11.1. The zero-order valence-corrected chi connectivity index (χ0v) is 11.1. The second-order valence-corrected chi connectivity index (χ2v) is 4.81. The van der Waals surface area contributed by atoms with Gasteiger partial charge in [-0.2, -0.15) is 13.2 Å². The fourth-order valence-corrected chi connectivity index (χ4v) is 2.30. The van der Waals surface area contributed by atoms with Crippen LogP contribution in [-0.2, 0) is 6.18 Å². The highest BCUT2D eigenvalue weighted by Gasteiger charge is 2.30. The molecule has 0 fully saturated rings. The van der Waals surface area contributed by atoms with E-state index < -0.39 is 17.7 Å². The molecule has 1 aromatic heterocycles. The van der Waals surface area contributed by atoms with Crippen LogP contribution in [0.3, 0.4) is 0 Å². The summed E-state index contributed by atoms with van der Waals surface area (Å²) < 4.78 is 39.4. The van der Waals surface area contributed by atoms with E-state index in [9.17, 15) is 18.0 Å². The van der Waals surface area contributed by atoms with Crippen LogP contribution in [0.1, 0.15) is 15.9 Å². The molecule has 0 atom stereocenters. The lowest BCUT2D eigenvalue weighted by Gasteiger charge is -2.09. The van der Waals surface area contributed by atoms with E-state index in [2.05, 4.69) is 0 Å². The Hall–Kier alpha value is -2.76. The first kappa shape index (κ1) is 14.2. The number of halogens is 3. The van der Waals surface area contributed by atoms with Gasteiger partial charge in [0.25, 0.3) is 0 Å². The third kappa shape index (κ3) is 2.43. The summed E-state index contributed by atoms with van der Waals surface area (Å²) in [5.41, 5.74) is 0.559. The van der Waals surface area contributed by atoms with E-state index in [1.807, 2.05) is 0 Å². The predicted octanol–water partition coefficient (Wildman–Crippen LogP) is 4.35. The van der Waals surface area contributed by atoms with Crippen molar-refractivity contribution in [3.63, 3.8) is 0 Å². The lowest BCUT2D eigenvalue weighted by atomic mass is 10.1. The van der Waals surface area contributed by atoms with Gasteiger partial charge in [0.1, 0.15) is 0 Å². The highest BCUT2D eigenvalue weighted by molar-refractivity contribution is 5.94. The lowest BCUT2D eigenvalue weighted by molar-refractivity contribution is -0.137. The molecule has 3 aromatic rings. The van der Waals surface area contributed by atoms with E-state index in [0.717, 1.165) is 17.5 Å². The summed E-state index contributed by atoms with van der Waals surface area (Å²) in [7, 11) is 0. The molecule has 112 valence electrons. The average Bonchev–Trinajstić information content (AvgIpc) is 2.89. The van der Waals surface area contributed by atoms with Crippen LogP contribution < -0.4 is 0 Å². The highest BCUT2D eigenvalue weighted by Crippen LogP contribution is 2.30. The number of rotatable bonds is 2. The molecule has 0 aliphatic carbocycles. The number of benzene rings is 2. The van der Waals surface area contributed by atoms with Crippen molar-refractivity contribution in [2.24, 2.45) is 0 Å². The molecule has 0 radical (unpaired) electrons. The Balaban J connectivity index is 2.10. The predicted molar refractivity (Wildman–Crippen MR) is 75.2 cm³/mol. The first-order chi connectivity index (χ1) is 10.4. The smallest absolute Gasteiger partial charge is 0.416 e. The summed E-state index contributed by atoms with van der Waals surface area (Å²) in [5.74, 6) is -1.05. The summed E-state index contributed by atoms with van der Waals surface area (Å²) >= 11 is 0. The zero-order chi connectivity index (χ0) is 15.9. The first-order valence-corrected chi connectivity index (χ1v) is 6.38. The summed E-state index contributed by atoms with van der Waals surface area (Å²) in [4.78, 5) is 11.0. The fourth-order valence-electron chi connectivity index (χ4n) is 2.30. The van der Waals surface area contributed by atoms with Gasteiger partial charge in [0.2, 0.25) is 0 Å². The molecule has 2 aromatic carbocycles. The molecule has 0 aliphatic heterocycles. The molecular formula is C16H10F3NO2. The maximum absolute atomic E-state index is 12.6. The number of carboxylic acids is 1. The lowest BCUT2D eigenvalue weighted by Crippen LogP contribution is -2.05. The number of hydrogen-bond donors (Lipinski definition) is 1. The Morgan fingerprint density at radius 1 is 1.00 bits per heavy atom. The maximum atomic E-state index is 12.6. The Morgan fingerprint density at radius 2 is 1.68 bits per heavy atom. The van der Waals surface area contributed by atoms with Crippen LogP contribution >= 0.6 is 0 Å². The fraction of sp³-hybridized carbons (Fsp3) is 0.0625. The Bertz CT molecular complexity index is 848. The SMILES string of the molecule is O=C(O)c1ccc2ccn(-c3ccc(C(F)(F)F)cc3)c2c1. The monoisotopic (exact) mass is 305 g/mol. The minimum atomic E-state index is -4.38. The molecular weight excluding hydrogens is 295 g/mol. The minimum absolute atomic E-state index is 0.124. The van der Waals surface area contributed by atoms with Gasteiger partial charge in [0.15, 0.2) is 0 Å². The van der Waals surface area contributed by atoms with Crippen LogP contribution in [0.4, 0.5) is 13.2 Å². The summed E-state index contributed by atoms with van der Waals surface area (Å²) in [5, 5.41) is 9.84. The van der Waals surface area contributed by atoms with E-state index in [0.29, 0.717) is 11.2 Å². The summed E-state index contributed by atoms with van der Waals surface area (Å²) in [6.07, 6.45) is -2.69. The molecule has 3 nitrogen and oxygen atoms in total. The number of hydrogen-bond acceptors (Lipinski definition) is 1. The molecule has 1 heterocycles. The number of alkyl halides is 3. The third-order valence-corrected chi connectivity index (χ3v) is 3.41. The van der Waals surface area contributed by atoms with Crippen molar-refractivity contribution >= 4 is 16.9 Å². The molecule has 0 spiro atoms. The van der Waals surface area contributed by atoms with Crippen LogP contribution in [0.5, 0.6) is 0 Å². The molecule has 0 bridgehead atoms. The number of nitrogens with zero attached hydrogens (tertiary/aromatic N) is 1. The van der Waals surface area contributed by atoms with Crippen LogP contribution in [0.15, 0.2) is 54.7 Å². The van der Waals surface area contributed by atoms with Gasteiger partial charge in [-0.1, -0.05) is 6.07 Å². The van der Waals surface area contributed by atoms with E-state index >= 15 is 0 Å². The standard InChI is InChI=1S/C16H10F3NO2/c17-16(18,19)12-3-5-13(6-4-12)20-8-7-10-1-2-11(15(21)22)9-14(10)20/h1-9H,(H,21,22). The van der Waals surface area contributed by atoms with E-state index in [-0.39, 0.29) is 5.56 Å². The number of fused-ring (bicyclic) bond motifs is 1. The Kier molecular flexibility index (Phi) is 3.16. The van der Waals surface area contributed by atoms with Gasteiger partial charge in [-0.3, -0.25) is 0 Å². The largest absolute Gasteiger partial charge is 0.478 e. The molecule has 0 saturated heterocycles. The Morgan fingerprint density at radius 3 is 2.27 bits per heavy atom. The van der Waals surface area contributed by atoms with Crippen molar-refractivity contribution in [1.29, 1.82) is 0 Å². The van der Waals surface area contributed by atoms with Gasteiger partial charge >= 0.3 is 12.1 Å². The molecule has 0 unspecified atom stereocenters. The summed E-state index contributed by atoms with van der Waals surface area (Å²) in [6.45, 7) is 0. The van der Waals surface area contributed by atoms with Gasteiger partial charge in [0.05, 0.1) is 16.6 Å². The van der Waals surface area contributed by atoms with E-state index in [4.69, 9.17) is 5.11 Å². The van der Waals surface area contributed by atoms with Gasteiger partial charge in [0, 0.05) is 11.9 Å². The van der Waals surface area contributed by atoms with Gasteiger partial charge in [-0.05, 0) is 47.9 Å². The maximum Gasteiger partial charge on any atom is 0.416 e. The van der Waals surface area contributed by atoms with Crippen LogP contribution in [0, 0.1) is 0 Å². The number of carbonyl (C=O) groups is 1. The highest BCUT2D eigenvalue weighted by atomic mass is 19.4. The molecule has 22 heavy (non-hydrogen) atoms.